The summed E-state index contributed by atoms with van der Waals surface area (Å²) in [5.74, 6) is 0. The van der Waals surface area contributed by atoms with Gasteiger partial charge in [-0.25, -0.2) is 10.5 Å². The lowest BCUT2D eigenvalue weighted by Crippen LogP contribution is -1.80. The van der Waals surface area contributed by atoms with Crippen LogP contribution < -0.4 is 0 Å². The molecule has 1 N–H and O–H groups in total. The van der Waals surface area contributed by atoms with Gasteiger partial charge in [-0.3, -0.25) is 0 Å². The molecule has 0 aliphatic rings. The zero-order valence-corrected chi connectivity index (χ0v) is 8.29. The Kier molecular flexibility index (Phi) is 2.65. The summed E-state index contributed by atoms with van der Waals surface area (Å²) in [6.45, 7) is 0.378. The van der Waals surface area contributed by atoms with E-state index in [9.17, 15) is 0 Å². The molecule has 3 nitrogen and oxygen atoms in total. The van der Waals surface area contributed by atoms with Gasteiger partial charge in [-0.05, 0) is 0 Å². The van der Waals surface area contributed by atoms with Crippen LogP contribution in [0.25, 0.3) is 10.6 Å². The Morgan fingerprint density at radius 2 is 2.07 bits per heavy atom. The van der Waals surface area contributed by atoms with E-state index in [4.69, 9.17) is 5.53 Å². The third-order valence-electron chi connectivity index (χ3n) is 1.81. The van der Waals surface area contributed by atoms with Crippen molar-refractivity contribution in [3.8, 4) is 10.6 Å². The van der Waals surface area contributed by atoms with E-state index in [2.05, 4.69) is 10.1 Å². The molecule has 1 heterocycles. The molecule has 1 aromatic heterocycles. The number of aromatic nitrogens is 1. The first-order chi connectivity index (χ1) is 6.90. The number of hydrogen-bond acceptors (Lipinski definition) is 4. The van der Waals surface area contributed by atoms with E-state index in [0.29, 0.717) is 6.54 Å². The number of rotatable bonds is 3. The Bertz CT molecular complexity index is 422. The second kappa shape index (κ2) is 4.11. The average molecular weight is 203 g/mol. The Morgan fingerprint density at radius 1 is 1.29 bits per heavy atom. The molecule has 0 bridgehead atoms. The van der Waals surface area contributed by atoms with E-state index >= 15 is 0 Å². The fraction of sp³-hybridized carbons (Fsp3) is 0.100. The second-order valence-corrected chi connectivity index (χ2v) is 3.68. The number of nitrogens with zero attached hydrogens (tertiary/aromatic N) is 2. The second-order valence-electron chi connectivity index (χ2n) is 2.83. The Balaban J connectivity index is 2.29. The highest BCUT2D eigenvalue weighted by Gasteiger charge is 2.02. The zero-order chi connectivity index (χ0) is 9.80. The largest absolute Gasteiger partial charge is 0.239 e. The van der Waals surface area contributed by atoms with E-state index in [1.54, 1.807) is 11.3 Å². The molecule has 0 aliphatic heterocycles. The Labute approximate surface area is 86.0 Å². The van der Waals surface area contributed by atoms with Gasteiger partial charge in [0.1, 0.15) is 11.6 Å². The standard InChI is InChI=1S/C10H9N3S/c11-12-6-9-7-14-10(13-9)8-4-2-1-3-5-8/h1-5,7,11H,6H2. The topological polar surface area (TPSA) is 49.1 Å². The first-order valence-electron chi connectivity index (χ1n) is 4.23. The van der Waals surface area contributed by atoms with Crippen molar-refractivity contribution in [3.05, 3.63) is 41.4 Å². The van der Waals surface area contributed by atoms with Crippen LogP contribution in [0.2, 0.25) is 0 Å². The van der Waals surface area contributed by atoms with Gasteiger partial charge in [-0.15, -0.1) is 11.3 Å². The molecule has 14 heavy (non-hydrogen) atoms. The van der Waals surface area contributed by atoms with E-state index < -0.39 is 0 Å². The Morgan fingerprint density at radius 3 is 2.79 bits per heavy atom. The third kappa shape index (κ3) is 1.85. The minimum Gasteiger partial charge on any atom is -0.239 e. The summed E-state index contributed by atoms with van der Waals surface area (Å²) in [5.41, 5.74) is 8.73. The molecule has 1 aromatic carbocycles. The van der Waals surface area contributed by atoms with Crippen LogP contribution in [0.1, 0.15) is 5.69 Å². The minimum absolute atomic E-state index is 0.378. The van der Waals surface area contributed by atoms with Gasteiger partial charge in [0.25, 0.3) is 0 Å². The van der Waals surface area contributed by atoms with Crippen LogP contribution in [-0.4, -0.2) is 4.98 Å². The van der Waals surface area contributed by atoms with E-state index in [1.165, 1.54) is 0 Å². The van der Waals surface area contributed by atoms with Crippen molar-refractivity contribution >= 4 is 11.3 Å². The van der Waals surface area contributed by atoms with Crippen LogP contribution in [0.5, 0.6) is 0 Å². The molecule has 0 aliphatic carbocycles. The fourth-order valence-electron chi connectivity index (χ4n) is 1.17. The van der Waals surface area contributed by atoms with Gasteiger partial charge in [0, 0.05) is 10.9 Å². The molecule has 2 aromatic rings. The molecule has 0 saturated carbocycles. The first kappa shape index (κ1) is 9.02. The highest BCUT2D eigenvalue weighted by molar-refractivity contribution is 7.13. The lowest BCUT2D eigenvalue weighted by molar-refractivity contribution is 0.883. The molecule has 70 valence electrons. The summed E-state index contributed by atoms with van der Waals surface area (Å²) in [6.07, 6.45) is 0. The Hall–Kier alpha value is -1.55. The molecule has 0 fully saturated rings. The SMILES string of the molecule is N=NCc1csc(-c2ccccc2)n1. The quantitative estimate of drug-likeness (QED) is 0.764. The molecular weight excluding hydrogens is 194 g/mol. The van der Waals surface area contributed by atoms with E-state index in [-0.39, 0.29) is 0 Å². The summed E-state index contributed by atoms with van der Waals surface area (Å²) >= 11 is 1.59. The third-order valence-corrected chi connectivity index (χ3v) is 2.75. The summed E-state index contributed by atoms with van der Waals surface area (Å²) in [7, 11) is 0. The summed E-state index contributed by atoms with van der Waals surface area (Å²) < 4.78 is 0. The predicted octanol–water partition coefficient (Wildman–Crippen LogP) is 3.34. The molecular formula is C10H9N3S. The van der Waals surface area contributed by atoms with Gasteiger partial charge in [-0.1, -0.05) is 30.3 Å². The molecule has 0 saturated heterocycles. The average Bonchev–Trinajstić information content (AvgIpc) is 2.68. The van der Waals surface area contributed by atoms with Gasteiger partial charge in [0.15, 0.2) is 0 Å². The van der Waals surface area contributed by atoms with Crippen LogP contribution in [0.4, 0.5) is 0 Å². The van der Waals surface area contributed by atoms with Crippen molar-refractivity contribution in [2.75, 3.05) is 0 Å². The zero-order valence-electron chi connectivity index (χ0n) is 7.47. The summed E-state index contributed by atoms with van der Waals surface area (Å²) in [4.78, 5) is 4.38. The molecule has 0 unspecified atom stereocenters. The lowest BCUT2D eigenvalue weighted by Gasteiger charge is -1.93. The summed E-state index contributed by atoms with van der Waals surface area (Å²) in [6, 6.07) is 10.0. The maximum atomic E-state index is 6.74. The van der Waals surface area contributed by atoms with Gasteiger partial charge < -0.3 is 0 Å². The highest BCUT2D eigenvalue weighted by atomic mass is 32.1. The van der Waals surface area contributed by atoms with Crippen molar-refractivity contribution < 1.29 is 0 Å². The van der Waals surface area contributed by atoms with Crippen LogP contribution in [0.15, 0.2) is 40.8 Å². The normalized spacial score (nSPS) is 10.0. The van der Waals surface area contributed by atoms with E-state index in [0.717, 1.165) is 16.3 Å². The van der Waals surface area contributed by atoms with Crippen molar-refractivity contribution in [2.24, 2.45) is 5.11 Å². The number of thiazole rings is 1. The van der Waals surface area contributed by atoms with Gasteiger partial charge >= 0.3 is 0 Å². The highest BCUT2D eigenvalue weighted by Crippen LogP contribution is 2.23. The van der Waals surface area contributed by atoms with Crippen LogP contribution in [0, 0.1) is 5.53 Å². The first-order valence-corrected chi connectivity index (χ1v) is 5.11. The van der Waals surface area contributed by atoms with Crippen molar-refractivity contribution in [3.63, 3.8) is 0 Å². The molecule has 0 radical (unpaired) electrons. The monoisotopic (exact) mass is 203 g/mol. The van der Waals surface area contributed by atoms with Gasteiger partial charge in [-0.2, -0.15) is 5.11 Å². The smallest absolute Gasteiger partial charge is 0.123 e. The lowest BCUT2D eigenvalue weighted by atomic mass is 10.2. The molecule has 2 rings (SSSR count). The summed E-state index contributed by atoms with van der Waals surface area (Å²) in [5, 5.41) is 6.24. The molecule has 0 atom stereocenters. The minimum atomic E-state index is 0.378. The number of nitrogens with one attached hydrogen (secondary N) is 1. The maximum Gasteiger partial charge on any atom is 0.123 e. The van der Waals surface area contributed by atoms with Gasteiger partial charge in [0.2, 0.25) is 0 Å². The van der Waals surface area contributed by atoms with Gasteiger partial charge in [0.05, 0.1) is 5.69 Å². The van der Waals surface area contributed by atoms with Crippen LogP contribution in [-0.2, 0) is 6.54 Å². The maximum absolute atomic E-state index is 6.74. The van der Waals surface area contributed by atoms with Crippen molar-refractivity contribution in [1.29, 1.82) is 5.53 Å². The molecule has 4 heteroatoms. The number of hydrogen-bond donors (Lipinski definition) is 1. The molecule has 0 spiro atoms. The molecule has 0 amide bonds. The predicted molar refractivity (Wildman–Crippen MR) is 56.4 cm³/mol. The van der Waals surface area contributed by atoms with E-state index in [1.807, 2.05) is 35.7 Å². The van der Waals surface area contributed by atoms with Crippen molar-refractivity contribution in [2.45, 2.75) is 6.54 Å². The fourth-order valence-corrected chi connectivity index (χ4v) is 1.99. The van der Waals surface area contributed by atoms with Crippen LogP contribution >= 0.6 is 11.3 Å². The van der Waals surface area contributed by atoms with Crippen LogP contribution in [0.3, 0.4) is 0 Å². The van der Waals surface area contributed by atoms with Crippen molar-refractivity contribution in [1.82, 2.24) is 4.98 Å². The number of benzene rings is 1.